The number of benzene rings is 3. The second kappa shape index (κ2) is 8.81. The van der Waals surface area contributed by atoms with Gasteiger partial charge in [0.05, 0.1) is 12.8 Å². The van der Waals surface area contributed by atoms with E-state index in [9.17, 15) is 4.79 Å². The molecule has 0 spiro atoms. The average molecular weight is 347 g/mol. The molecule has 0 aliphatic heterocycles. The van der Waals surface area contributed by atoms with Crippen molar-refractivity contribution in [1.82, 2.24) is 0 Å². The molecule has 0 saturated heterocycles. The summed E-state index contributed by atoms with van der Waals surface area (Å²) in [5.41, 5.74) is 1.05. The molecule has 4 heteroatoms. The van der Waals surface area contributed by atoms with Crippen LogP contribution in [0, 0.1) is 0 Å². The molecule has 0 heterocycles. The molecule has 3 aromatic carbocycles. The van der Waals surface area contributed by atoms with Crippen LogP contribution in [0.25, 0.3) is 21.5 Å². The molecule has 4 nitrogen and oxygen atoms in total. The Hall–Kier alpha value is -3.14. The van der Waals surface area contributed by atoms with Crippen LogP contribution in [-0.2, 0) is 14.4 Å². The number of hydrogen-bond acceptors (Lipinski definition) is 4. The topological polar surface area (TPSA) is 47.9 Å². The summed E-state index contributed by atoms with van der Waals surface area (Å²) >= 11 is 0. The lowest BCUT2D eigenvalue weighted by Crippen LogP contribution is -2.02. The maximum absolute atomic E-state index is 10.9. The fraction of sp³-hybridized carbons (Fsp3) is 0.182. The van der Waals surface area contributed by atoms with E-state index in [2.05, 4.69) is 42.1 Å². The van der Waals surface area contributed by atoms with E-state index in [1.54, 1.807) is 6.21 Å². The van der Waals surface area contributed by atoms with Gasteiger partial charge in [0.1, 0.15) is 6.61 Å². The Bertz CT molecular complexity index is 892. The third kappa shape index (κ3) is 4.28. The monoisotopic (exact) mass is 347 g/mol. The zero-order chi connectivity index (χ0) is 18.2. The van der Waals surface area contributed by atoms with E-state index in [1.165, 1.54) is 10.8 Å². The molecular formula is C22H21NO3. The molecule has 3 rings (SSSR count). The van der Waals surface area contributed by atoms with E-state index in [-0.39, 0.29) is 0 Å². The summed E-state index contributed by atoms with van der Waals surface area (Å²) in [4.78, 5) is 16.3. The van der Waals surface area contributed by atoms with Gasteiger partial charge in [0.2, 0.25) is 0 Å². The Balaban J connectivity index is 1.65. The second-order valence-electron chi connectivity index (χ2n) is 5.88. The van der Waals surface area contributed by atoms with Crippen molar-refractivity contribution < 1.29 is 14.4 Å². The summed E-state index contributed by atoms with van der Waals surface area (Å²) in [6.07, 6.45) is 4.43. The van der Waals surface area contributed by atoms with Gasteiger partial charge in [0.15, 0.2) is 0 Å². The number of rotatable bonds is 8. The molecule has 0 saturated carbocycles. The molecule has 0 fully saturated rings. The van der Waals surface area contributed by atoms with Crippen LogP contribution in [0.1, 0.15) is 18.4 Å². The van der Waals surface area contributed by atoms with Crippen LogP contribution in [-0.4, -0.2) is 25.4 Å². The molecule has 0 radical (unpaired) electrons. The summed E-state index contributed by atoms with van der Waals surface area (Å²) in [6, 6.07) is 18.7. The Labute approximate surface area is 152 Å². The molecule has 0 N–H and O–H groups in total. The summed E-state index contributed by atoms with van der Waals surface area (Å²) in [5, 5.41) is 8.79. The van der Waals surface area contributed by atoms with Gasteiger partial charge in [-0.2, -0.15) is 0 Å². The fourth-order valence-corrected chi connectivity index (χ4v) is 2.83. The standard InChI is InChI=1S/C22H21NO3/c1-2-22(24)25-13-7-8-14-26-23-16-21-19-11-5-3-9-17(19)15-18-10-4-6-12-20(18)21/h2-6,9-12,15-16H,1,7-8,13-14H2. The number of esters is 1. The number of unbranched alkanes of at least 4 members (excludes halogenated alkanes) is 1. The predicted octanol–water partition coefficient (Wildman–Crippen LogP) is 4.85. The van der Waals surface area contributed by atoms with E-state index in [1.807, 2.05) is 24.3 Å². The Morgan fingerprint density at radius 2 is 1.58 bits per heavy atom. The largest absolute Gasteiger partial charge is 0.463 e. The first-order chi connectivity index (χ1) is 12.8. The van der Waals surface area contributed by atoms with Crippen LogP contribution in [0.3, 0.4) is 0 Å². The molecule has 0 amide bonds. The van der Waals surface area contributed by atoms with Crippen molar-refractivity contribution in [2.24, 2.45) is 5.16 Å². The molecule has 0 atom stereocenters. The van der Waals surface area contributed by atoms with Gasteiger partial charge in [-0.15, -0.1) is 0 Å². The van der Waals surface area contributed by atoms with Crippen LogP contribution >= 0.6 is 0 Å². The highest BCUT2D eigenvalue weighted by atomic mass is 16.6. The fourth-order valence-electron chi connectivity index (χ4n) is 2.83. The van der Waals surface area contributed by atoms with E-state index in [0.29, 0.717) is 13.2 Å². The van der Waals surface area contributed by atoms with Gasteiger partial charge < -0.3 is 9.57 Å². The van der Waals surface area contributed by atoms with Gasteiger partial charge in [0, 0.05) is 11.6 Å². The molecule has 26 heavy (non-hydrogen) atoms. The summed E-state index contributed by atoms with van der Waals surface area (Å²) in [7, 11) is 0. The second-order valence-corrected chi connectivity index (χ2v) is 5.88. The molecule has 0 aromatic heterocycles. The first kappa shape index (κ1) is 17.7. The Morgan fingerprint density at radius 3 is 2.23 bits per heavy atom. The van der Waals surface area contributed by atoms with Gasteiger partial charge >= 0.3 is 5.97 Å². The summed E-state index contributed by atoms with van der Waals surface area (Å²) < 4.78 is 4.91. The Kier molecular flexibility index (Phi) is 5.99. The molecule has 0 bridgehead atoms. The van der Waals surface area contributed by atoms with Gasteiger partial charge in [0.25, 0.3) is 0 Å². The normalized spacial score (nSPS) is 11.1. The minimum absolute atomic E-state index is 0.367. The maximum atomic E-state index is 10.9. The minimum Gasteiger partial charge on any atom is -0.463 e. The van der Waals surface area contributed by atoms with Gasteiger partial charge in [-0.25, -0.2) is 4.79 Å². The van der Waals surface area contributed by atoms with Gasteiger partial charge in [-0.3, -0.25) is 0 Å². The zero-order valence-corrected chi connectivity index (χ0v) is 14.6. The van der Waals surface area contributed by atoms with Crippen LogP contribution in [0.15, 0.2) is 72.4 Å². The smallest absolute Gasteiger partial charge is 0.330 e. The zero-order valence-electron chi connectivity index (χ0n) is 14.6. The quantitative estimate of drug-likeness (QED) is 0.146. The maximum Gasteiger partial charge on any atom is 0.330 e. The number of hydrogen-bond donors (Lipinski definition) is 0. The molecule has 132 valence electrons. The van der Waals surface area contributed by atoms with E-state index in [0.717, 1.165) is 35.3 Å². The van der Waals surface area contributed by atoms with Crippen molar-refractivity contribution in [3.63, 3.8) is 0 Å². The van der Waals surface area contributed by atoms with E-state index < -0.39 is 5.97 Å². The van der Waals surface area contributed by atoms with Crippen molar-refractivity contribution >= 4 is 33.7 Å². The third-order valence-corrected chi connectivity index (χ3v) is 4.11. The molecule has 3 aromatic rings. The van der Waals surface area contributed by atoms with Crippen molar-refractivity contribution in [3.8, 4) is 0 Å². The van der Waals surface area contributed by atoms with Crippen LogP contribution in [0.4, 0.5) is 0 Å². The SMILES string of the molecule is C=CC(=O)OCCCCON=Cc1c2ccccc2cc2ccccc12. The highest BCUT2D eigenvalue weighted by Gasteiger charge is 2.05. The van der Waals surface area contributed by atoms with Gasteiger partial charge in [-0.1, -0.05) is 60.3 Å². The number of carbonyl (C=O) groups excluding carboxylic acids is 1. The van der Waals surface area contributed by atoms with Crippen molar-refractivity contribution in [1.29, 1.82) is 0 Å². The lowest BCUT2D eigenvalue weighted by molar-refractivity contribution is -0.137. The van der Waals surface area contributed by atoms with Gasteiger partial charge in [-0.05, 0) is 40.5 Å². The average Bonchev–Trinajstić information content (AvgIpc) is 2.68. The lowest BCUT2D eigenvalue weighted by Gasteiger charge is -2.07. The molecule has 0 aliphatic rings. The number of fused-ring (bicyclic) bond motifs is 2. The molecule has 0 unspecified atom stereocenters. The first-order valence-electron chi connectivity index (χ1n) is 8.64. The number of oxime groups is 1. The van der Waals surface area contributed by atoms with Crippen molar-refractivity contribution in [2.75, 3.05) is 13.2 Å². The summed E-state index contributed by atoms with van der Waals surface area (Å²) in [5.74, 6) is -0.397. The predicted molar refractivity (Wildman–Crippen MR) is 105 cm³/mol. The van der Waals surface area contributed by atoms with E-state index in [4.69, 9.17) is 9.57 Å². The first-order valence-corrected chi connectivity index (χ1v) is 8.64. The number of nitrogens with zero attached hydrogens (tertiary/aromatic N) is 1. The van der Waals surface area contributed by atoms with Crippen LogP contribution in [0.5, 0.6) is 0 Å². The lowest BCUT2D eigenvalue weighted by atomic mass is 9.97. The molecular weight excluding hydrogens is 326 g/mol. The highest BCUT2D eigenvalue weighted by molar-refractivity contribution is 6.13. The molecule has 0 aliphatic carbocycles. The van der Waals surface area contributed by atoms with Crippen molar-refractivity contribution in [3.05, 3.63) is 72.8 Å². The van der Waals surface area contributed by atoms with E-state index >= 15 is 0 Å². The third-order valence-electron chi connectivity index (χ3n) is 4.11. The Morgan fingerprint density at radius 1 is 0.962 bits per heavy atom. The number of ether oxygens (including phenoxy) is 1. The van der Waals surface area contributed by atoms with Crippen LogP contribution < -0.4 is 0 Å². The highest BCUT2D eigenvalue weighted by Crippen LogP contribution is 2.27. The minimum atomic E-state index is -0.397. The van der Waals surface area contributed by atoms with Crippen LogP contribution in [0.2, 0.25) is 0 Å². The van der Waals surface area contributed by atoms with Crippen molar-refractivity contribution in [2.45, 2.75) is 12.8 Å². The number of carbonyl (C=O) groups is 1. The summed E-state index contributed by atoms with van der Waals surface area (Å²) in [6.45, 7) is 4.20.